The maximum Gasteiger partial charge on any atom is 0.312 e. The van der Waals surface area contributed by atoms with Crippen LogP contribution >= 0.6 is 0 Å². The van der Waals surface area contributed by atoms with Crippen LogP contribution in [0.1, 0.15) is 11.4 Å². The summed E-state index contributed by atoms with van der Waals surface area (Å²) in [6, 6.07) is 14.5. The van der Waals surface area contributed by atoms with Gasteiger partial charge < -0.3 is 0 Å². The summed E-state index contributed by atoms with van der Waals surface area (Å²) >= 11 is 0. The van der Waals surface area contributed by atoms with Crippen LogP contribution in [0.4, 0.5) is 0 Å². The monoisotopic (exact) mass is 277 g/mol. The molecule has 0 aliphatic heterocycles. The minimum Gasteiger partial charge on any atom is -0.259 e. The third-order valence-corrected chi connectivity index (χ3v) is 4.19. The van der Waals surface area contributed by atoms with Crippen molar-refractivity contribution in [2.24, 2.45) is 7.05 Å². The van der Waals surface area contributed by atoms with E-state index >= 15 is 0 Å². The largest absolute Gasteiger partial charge is 0.312 e. The molecule has 4 heteroatoms. The summed E-state index contributed by atoms with van der Waals surface area (Å²) in [6.07, 6.45) is 2.06. The molecule has 104 valence electrons. The average molecular weight is 277 g/mol. The molecule has 0 fully saturated rings. The van der Waals surface area contributed by atoms with Gasteiger partial charge in [0, 0.05) is 6.07 Å². The molecule has 0 saturated heterocycles. The number of nitrogens with zero attached hydrogens (tertiary/aromatic N) is 4. The molecule has 0 aliphatic carbocycles. The highest BCUT2D eigenvalue weighted by Gasteiger charge is 2.24. The van der Waals surface area contributed by atoms with Crippen molar-refractivity contribution < 1.29 is 4.57 Å². The Bertz CT molecular complexity index is 975. The summed E-state index contributed by atoms with van der Waals surface area (Å²) in [4.78, 5) is 4.83. The Balaban J connectivity index is 2.19. The van der Waals surface area contributed by atoms with Crippen molar-refractivity contribution >= 4 is 16.8 Å². The lowest BCUT2D eigenvalue weighted by Gasteiger charge is -2.01. The van der Waals surface area contributed by atoms with Gasteiger partial charge in [-0.1, -0.05) is 18.2 Å². The molecule has 0 radical (unpaired) electrons. The van der Waals surface area contributed by atoms with E-state index in [1.54, 1.807) is 0 Å². The number of pyridine rings is 1. The molecule has 0 saturated carbocycles. The molecular formula is C17H17N4+. The van der Waals surface area contributed by atoms with Crippen LogP contribution in [0.2, 0.25) is 0 Å². The van der Waals surface area contributed by atoms with Gasteiger partial charge in [0.2, 0.25) is 0 Å². The van der Waals surface area contributed by atoms with Gasteiger partial charge in [-0.2, -0.15) is 9.55 Å². The molecule has 0 N–H and O–H groups in total. The topological polar surface area (TPSA) is 26.1 Å². The normalized spacial score (nSPS) is 11.6. The first-order chi connectivity index (χ1) is 10.2. The lowest BCUT2D eigenvalue weighted by atomic mass is 10.3. The van der Waals surface area contributed by atoms with E-state index in [1.165, 1.54) is 11.4 Å². The van der Waals surface area contributed by atoms with Crippen LogP contribution in [0.3, 0.4) is 0 Å². The molecular weight excluding hydrogens is 260 g/mol. The quantitative estimate of drug-likeness (QED) is 0.491. The van der Waals surface area contributed by atoms with Gasteiger partial charge in [0.15, 0.2) is 0 Å². The molecule has 0 aliphatic rings. The number of benzene rings is 1. The third kappa shape index (κ3) is 1.56. The Morgan fingerprint density at radius 3 is 2.52 bits per heavy atom. The fourth-order valence-electron chi connectivity index (χ4n) is 2.99. The molecule has 0 atom stereocenters. The zero-order valence-electron chi connectivity index (χ0n) is 12.4. The molecule has 21 heavy (non-hydrogen) atoms. The van der Waals surface area contributed by atoms with E-state index in [2.05, 4.69) is 71.0 Å². The second-order valence-corrected chi connectivity index (χ2v) is 5.41. The van der Waals surface area contributed by atoms with Crippen LogP contribution in [0.15, 0.2) is 48.7 Å². The standard InChI is InChI=1S/C17H17N4/c1-12-13(2)21(16-10-6-7-11-19(16)3)17-18-14-8-4-5-9-15(14)20(12)17/h4-11H,1-3H3/q+1. The number of aromatic nitrogens is 4. The number of hydrogen-bond donors (Lipinski definition) is 0. The highest BCUT2D eigenvalue weighted by atomic mass is 15.3. The van der Waals surface area contributed by atoms with Crippen molar-refractivity contribution in [1.82, 2.24) is 14.0 Å². The van der Waals surface area contributed by atoms with Crippen molar-refractivity contribution in [3.8, 4) is 5.82 Å². The van der Waals surface area contributed by atoms with Gasteiger partial charge in [-0.05, 0) is 32.0 Å². The van der Waals surface area contributed by atoms with Crippen LogP contribution in [0, 0.1) is 13.8 Å². The van der Waals surface area contributed by atoms with Crippen molar-refractivity contribution in [3.63, 3.8) is 0 Å². The number of rotatable bonds is 1. The second kappa shape index (κ2) is 4.19. The van der Waals surface area contributed by atoms with E-state index in [1.807, 2.05) is 12.1 Å². The Kier molecular flexibility index (Phi) is 2.42. The summed E-state index contributed by atoms with van der Waals surface area (Å²) in [7, 11) is 2.06. The molecule has 0 bridgehead atoms. The van der Waals surface area contributed by atoms with E-state index in [4.69, 9.17) is 4.98 Å². The number of aryl methyl sites for hydroxylation is 2. The fourth-order valence-corrected chi connectivity index (χ4v) is 2.99. The van der Waals surface area contributed by atoms with Crippen molar-refractivity contribution in [3.05, 3.63) is 60.0 Å². The molecule has 3 heterocycles. The summed E-state index contributed by atoms with van der Waals surface area (Å²) in [5.41, 5.74) is 4.63. The van der Waals surface area contributed by atoms with E-state index in [0.717, 1.165) is 22.6 Å². The molecule has 0 amide bonds. The van der Waals surface area contributed by atoms with Gasteiger partial charge in [0.25, 0.3) is 5.82 Å². The summed E-state index contributed by atoms with van der Waals surface area (Å²) < 4.78 is 6.57. The molecule has 0 spiro atoms. The Hall–Kier alpha value is -2.62. The predicted octanol–water partition coefficient (Wildman–Crippen LogP) is 2.72. The van der Waals surface area contributed by atoms with Gasteiger partial charge >= 0.3 is 5.78 Å². The number of imidazole rings is 2. The van der Waals surface area contributed by atoms with Gasteiger partial charge in [-0.25, -0.2) is 4.57 Å². The SMILES string of the molecule is Cc1c(C)n2c3ccccc3nc2n1-c1cccc[n+]1C. The lowest BCUT2D eigenvalue weighted by molar-refractivity contribution is -0.665. The van der Waals surface area contributed by atoms with Crippen LogP contribution in [-0.2, 0) is 7.05 Å². The second-order valence-electron chi connectivity index (χ2n) is 5.41. The van der Waals surface area contributed by atoms with E-state index in [9.17, 15) is 0 Å². The first kappa shape index (κ1) is 12.1. The number of hydrogen-bond acceptors (Lipinski definition) is 1. The minimum atomic E-state index is 0.966. The molecule has 4 rings (SSSR count). The zero-order chi connectivity index (χ0) is 14.6. The predicted molar refractivity (Wildman–Crippen MR) is 82.7 cm³/mol. The maximum atomic E-state index is 4.83. The summed E-state index contributed by atoms with van der Waals surface area (Å²) in [5, 5.41) is 0. The average Bonchev–Trinajstić information content (AvgIpc) is 2.97. The Morgan fingerprint density at radius 2 is 1.71 bits per heavy atom. The Morgan fingerprint density at radius 1 is 0.952 bits per heavy atom. The highest BCUT2D eigenvalue weighted by molar-refractivity contribution is 5.80. The minimum absolute atomic E-state index is 0.966. The van der Waals surface area contributed by atoms with Crippen molar-refractivity contribution in [2.75, 3.05) is 0 Å². The number of fused-ring (bicyclic) bond motifs is 3. The zero-order valence-corrected chi connectivity index (χ0v) is 12.4. The maximum absolute atomic E-state index is 4.83. The molecule has 3 aromatic heterocycles. The van der Waals surface area contributed by atoms with Gasteiger partial charge in [-0.15, -0.1) is 0 Å². The molecule has 4 nitrogen and oxygen atoms in total. The van der Waals surface area contributed by atoms with Crippen molar-refractivity contribution in [2.45, 2.75) is 13.8 Å². The molecule has 4 aromatic rings. The van der Waals surface area contributed by atoms with Gasteiger partial charge in [0.1, 0.15) is 5.69 Å². The van der Waals surface area contributed by atoms with Crippen LogP contribution in [-0.4, -0.2) is 14.0 Å². The first-order valence-corrected chi connectivity index (χ1v) is 7.08. The third-order valence-electron chi connectivity index (χ3n) is 4.19. The Labute approximate surface area is 122 Å². The fraction of sp³-hybridized carbons (Fsp3) is 0.176. The lowest BCUT2D eigenvalue weighted by Crippen LogP contribution is -2.33. The van der Waals surface area contributed by atoms with Gasteiger partial charge in [-0.3, -0.25) is 4.40 Å². The van der Waals surface area contributed by atoms with Crippen LogP contribution in [0.25, 0.3) is 22.6 Å². The van der Waals surface area contributed by atoms with E-state index < -0.39 is 0 Å². The van der Waals surface area contributed by atoms with Crippen LogP contribution < -0.4 is 4.57 Å². The van der Waals surface area contributed by atoms with Crippen LogP contribution in [0.5, 0.6) is 0 Å². The summed E-state index contributed by atoms with van der Waals surface area (Å²) in [5.74, 6) is 2.08. The first-order valence-electron chi connectivity index (χ1n) is 7.08. The molecule has 1 aromatic carbocycles. The van der Waals surface area contributed by atoms with Gasteiger partial charge in [0.05, 0.1) is 30.0 Å². The van der Waals surface area contributed by atoms with Crippen molar-refractivity contribution in [1.29, 1.82) is 0 Å². The van der Waals surface area contributed by atoms with E-state index in [0.29, 0.717) is 0 Å². The van der Waals surface area contributed by atoms with E-state index in [-0.39, 0.29) is 0 Å². The molecule has 0 unspecified atom stereocenters. The number of para-hydroxylation sites is 2. The summed E-state index contributed by atoms with van der Waals surface area (Å²) in [6.45, 7) is 4.29. The highest BCUT2D eigenvalue weighted by Crippen LogP contribution is 2.24. The smallest absolute Gasteiger partial charge is 0.259 e.